The lowest BCUT2D eigenvalue weighted by atomic mass is 9.98. The van der Waals surface area contributed by atoms with E-state index in [4.69, 9.17) is 5.73 Å². The van der Waals surface area contributed by atoms with Crippen molar-refractivity contribution in [2.75, 3.05) is 0 Å². The second kappa shape index (κ2) is 7.41. The van der Waals surface area contributed by atoms with Gasteiger partial charge in [0.2, 0.25) is 5.91 Å². The average molecular weight is 263 g/mol. The summed E-state index contributed by atoms with van der Waals surface area (Å²) in [5.74, 6) is -0.180. The minimum absolute atomic E-state index is 0.0308. The van der Waals surface area contributed by atoms with Gasteiger partial charge in [-0.3, -0.25) is 4.79 Å². The number of primary amides is 1. The topological polar surface area (TPSA) is 84.2 Å². The normalized spacial score (nSPS) is 13.4. The molecule has 0 aromatic heterocycles. The number of hydrogen-bond donors (Lipinski definition) is 3. The van der Waals surface area contributed by atoms with Crippen LogP contribution in [0.15, 0.2) is 30.3 Å². The molecule has 4 N–H and O–H groups in total. The maximum atomic E-state index is 12.1. The van der Waals surface area contributed by atoms with E-state index in [-0.39, 0.29) is 11.8 Å². The van der Waals surface area contributed by atoms with Gasteiger partial charge in [0, 0.05) is 6.54 Å². The molecule has 0 aliphatic rings. The van der Waals surface area contributed by atoms with Crippen LogP contribution in [0.5, 0.6) is 0 Å². The van der Waals surface area contributed by atoms with Crippen molar-refractivity contribution < 1.29 is 9.59 Å². The van der Waals surface area contributed by atoms with Crippen LogP contribution in [0.1, 0.15) is 25.8 Å². The van der Waals surface area contributed by atoms with Gasteiger partial charge < -0.3 is 16.4 Å². The van der Waals surface area contributed by atoms with E-state index < -0.39 is 12.1 Å². The molecule has 1 aromatic carbocycles. The Balaban J connectivity index is 2.59. The van der Waals surface area contributed by atoms with E-state index in [0.29, 0.717) is 6.54 Å². The van der Waals surface area contributed by atoms with Gasteiger partial charge in [0.25, 0.3) is 0 Å². The van der Waals surface area contributed by atoms with E-state index >= 15 is 0 Å². The van der Waals surface area contributed by atoms with E-state index in [1.807, 2.05) is 44.2 Å². The molecule has 1 rings (SSSR count). The highest BCUT2D eigenvalue weighted by molar-refractivity contribution is 5.86. The van der Waals surface area contributed by atoms with Crippen LogP contribution in [0, 0.1) is 5.92 Å². The molecule has 0 saturated heterocycles. The predicted octanol–water partition coefficient (Wildman–Crippen LogP) is 1.39. The highest BCUT2D eigenvalue weighted by Gasteiger charge is 2.24. The van der Waals surface area contributed by atoms with Crippen LogP contribution in [0.25, 0.3) is 0 Å². The third kappa shape index (κ3) is 4.99. The van der Waals surface area contributed by atoms with E-state index in [0.717, 1.165) is 12.0 Å². The Kier molecular flexibility index (Phi) is 5.85. The first-order valence-corrected chi connectivity index (χ1v) is 6.42. The van der Waals surface area contributed by atoms with E-state index in [9.17, 15) is 9.59 Å². The lowest BCUT2D eigenvalue weighted by Gasteiger charge is -2.22. The molecule has 0 unspecified atom stereocenters. The molecule has 0 fully saturated rings. The van der Waals surface area contributed by atoms with E-state index in [2.05, 4.69) is 10.6 Å². The number of rotatable bonds is 6. The van der Waals surface area contributed by atoms with Gasteiger partial charge in [-0.05, 0) is 11.5 Å². The lowest BCUT2D eigenvalue weighted by molar-refractivity contribution is -0.124. The molecule has 0 saturated carbocycles. The fraction of sp³-hybridized carbons (Fsp3) is 0.429. The number of benzene rings is 1. The molecule has 19 heavy (non-hydrogen) atoms. The van der Waals surface area contributed by atoms with Crippen LogP contribution in [0.3, 0.4) is 0 Å². The van der Waals surface area contributed by atoms with Gasteiger partial charge in [0.1, 0.15) is 6.04 Å². The molecular formula is C14H21N3O2. The summed E-state index contributed by atoms with van der Waals surface area (Å²) in [5.41, 5.74) is 6.11. The summed E-state index contributed by atoms with van der Waals surface area (Å²) in [6.07, 6.45) is 0.781. The number of carbonyl (C=O) groups is 2. The smallest absolute Gasteiger partial charge is 0.312 e. The molecule has 104 valence electrons. The zero-order valence-corrected chi connectivity index (χ0v) is 11.3. The molecule has 0 aliphatic heterocycles. The van der Waals surface area contributed by atoms with Crippen molar-refractivity contribution in [3.05, 3.63) is 35.9 Å². The Bertz CT molecular complexity index is 420. The van der Waals surface area contributed by atoms with E-state index in [1.54, 1.807) is 0 Å². The van der Waals surface area contributed by atoms with Crippen molar-refractivity contribution in [1.82, 2.24) is 10.6 Å². The summed E-state index contributed by atoms with van der Waals surface area (Å²) in [4.78, 5) is 23.0. The fourth-order valence-electron chi connectivity index (χ4n) is 1.75. The summed E-state index contributed by atoms with van der Waals surface area (Å²) in [6, 6.07) is 8.33. The first-order valence-electron chi connectivity index (χ1n) is 6.42. The first-order chi connectivity index (χ1) is 9.04. The van der Waals surface area contributed by atoms with Crippen LogP contribution in [0.2, 0.25) is 0 Å². The first kappa shape index (κ1) is 15.0. The Morgan fingerprint density at radius 2 is 1.89 bits per heavy atom. The summed E-state index contributed by atoms with van der Waals surface area (Å²) in [6.45, 7) is 4.31. The summed E-state index contributed by atoms with van der Waals surface area (Å²) >= 11 is 0. The van der Waals surface area contributed by atoms with Crippen LogP contribution in [0.4, 0.5) is 4.79 Å². The van der Waals surface area contributed by atoms with Crippen LogP contribution in [-0.2, 0) is 11.3 Å². The zero-order chi connectivity index (χ0) is 14.3. The van der Waals surface area contributed by atoms with Gasteiger partial charge in [-0.25, -0.2) is 4.79 Å². The van der Waals surface area contributed by atoms with Crippen LogP contribution in [-0.4, -0.2) is 18.0 Å². The number of carbonyl (C=O) groups excluding carboxylic acids is 2. The third-order valence-electron chi connectivity index (χ3n) is 3.10. The van der Waals surface area contributed by atoms with Crippen molar-refractivity contribution >= 4 is 11.9 Å². The average Bonchev–Trinajstić information content (AvgIpc) is 2.42. The minimum Gasteiger partial charge on any atom is -0.352 e. The van der Waals surface area contributed by atoms with Crippen molar-refractivity contribution in [2.24, 2.45) is 11.7 Å². The number of urea groups is 1. The maximum Gasteiger partial charge on any atom is 0.312 e. The van der Waals surface area contributed by atoms with Gasteiger partial charge in [-0.2, -0.15) is 0 Å². The molecule has 1 aromatic rings. The Morgan fingerprint density at radius 3 is 2.42 bits per heavy atom. The quantitative estimate of drug-likeness (QED) is 0.724. The summed E-state index contributed by atoms with van der Waals surface area (Å²) in [5, 5.41) is 5.30. The number of hydrogen-bond acceptors (Lipinski definition) is 2. The highest BCUT2D eigenvalue weighted by Crippen LogP contribution is 2.08. The molecule has 5 nitrogen and oxygen atoms in total. The minimum atomic E-state index is -0.680. The molecule has 0 heterocycles. The zero-order valence-electron chi connectivity index (χ0n) is 11.3. The van der Waals surface area contributed by atoms with Gasteiger partial charge >= 0.3 is 6.03 Å². The molecule has 0 spiro atoms. The number of nitrogens with one attached hydrogen (secondary N) is 2. The Morgan fingerprint density at radius 1 is 1.26 bits per heavy atom. The van der Waals surface area contributed by atoms with Gasteiger partial charge in [-0.1, -0.05) is 50.6 Å². The third-order valence-corrected chi connectivity index (χ3v) is 3.10. The van der Waals surface area contributed by atoms with Gasteiger partial charge in [-0.15, -0.1) is 0 Å². The van der Waals surface area contributed by atoms with Crippen LogP contribution < -0.4 is 16.4 Å². The second-order valence-electron chi connectivity index (χ2n) is 4.58. The number of nitrogens with two attached hydrogens (primary N) is 1. The van der Waals surface area contributed by atoms with Crippen molar-refractivity contribution in [3.63, 3.8) is 0 Å². The molecular weight excluding hydrogens is 242 g/mol. The highest BCUT2D eigenvalue weighted by atomic mass is 16.2. The summed E-state index contributed by atoms with van der Waals surface area (Å²) < 4.78 is 0. The van der Waals surface area contributed by atoms with E-state index in [1.165, 1.54) is 0 Å². The Labute approximate surface area is 113 Å². The monoisotopic (exact) mass is 263 g/mol. The molecule has 0 aliphatic carbocycles. The summed E-state index contributed by atoms with van der Waals surface area (Å²) in [7, 11) is 0. The number of amides is 3. The van der Waals surface area contributed by atoms with Crippen molar-refractivity contribution in [3.8, 4) is 0 Å². The lowest BCUT2D eigenvalue weighted by Crippen LogP contribution is -2.51. The van der Waals surface area contributed by atoms with Crippen molar-refractivity contribution in [2.45, 2.75) is 32.9 Å². The van der Waals surface area contributed by atoms with Crippen LogP contribution >= 0.6 is 0 Å². The fourth-order valence-corrected chi connectivity index (χ4v) is 1.75. The van der Waals surface area contributed by atoms with Gasteiger partial charge in [0.05, 0.1) is 0 Å². The Hall–Kier alpha value is -2.04. The molecule has 3 amide bonds. The second-order valence-corrected chi connectivity index (χ2v) is 4.58. The SMILES string of the molecule is CC[C@@H](C)[C@@H](NC(N)=O)C(=O)NCc1ccccc1. The molecule has 0 bridgehead atoms. The largest absolute Gasteiger partial charge is 0.352 e. The molecule has 2 atom stereocenters. The molecule has 0 radical (unpaired) electrons. The van der Waals surface area contributed by atoms with Crippen molar-refractivity contribution in [1.29, 1.82) is 0 Å². The van der Waals surface area contributed by atoms with Gasteiger partial charge in [0.15, 0.2) is 0 Å². The standard InChI is InChI=1S/C14H21N3O2/c1-3-10(2)12(17-14(15)19)13(18)16-9-11-7-5-4-6-8-11/h4-8,10,12H,3,9H2,1-2H3,(H,16,18)(H3,15,17,19)/t10-,12-/m1/s1. The maximum absolute atomic E-state index is 12.1. The predicted molar refractivity (Wildman–Crippen MR) is 74.3 cm³/mol. The molecule has 5 heteroatoms.